The Bertz CT molecular complexity index is 405. The topological polar surface area (TPSA) is 44.4 Å². The van der Waals surface area contributed by atoms with Crippen molar-refractivity contribution >= 4 is 11.7 Å². The molecule has 1 aromatic carbocycles. The van der Waals surface area contributed by atoms with Crippen LogP contribution in [0.2, 0.25) is 0 Å². The number of benzene rings is 1. The van der Waals surface area contributed by atoms with Crippen LogP contribution >= 0.6 is 0 Å². The van der Waals surface area contributed by atoms with Crippen molar-refractivity contribution in [2.24, 2.45) is 0 Å². The van der Waals surface area contributed by atoms with Gasteiger partial charge in [0.15, 0.2) is 0 Å². The quantitative estimate of drug-likeness (QED) is 0.866. The van der Waals surface area contributed by atoms with E-state index in [-0.39, 0.29) is 11.8 Å². The van der Waals surface area contributed by atoms with Crippen molar-refractivity contribution in [3.8, 4) is 0 Å². The van der Waals surface area contributed by atoms with Crippen molar-refractivity contribution in [2.75, 3.05) is 25.1 Å². The molecule has 0 bridgehead atoms. The summed E-state index contributed by atoms with van der Waals surface area (Å²) in [6, 6.07) is 5.56. The molecule has 0 aliphatic carbocycles. The molecule has 98 valence electrons. The summed E-state index contributed by atoms with van der Waals surface area (Å²) in [6.07, 6.45) is 3.65. The summed E-state index contributed by atoms with van der Waals surface area (Å²) in [4.78, 5) is 13.8. The lowest BCUT2D eigenvalue weighted by atomic mass is 10.1. The van der Waals surface area contributed by atoms with Crippen LogP contribution in [0.1, 0.15) is 19.3 Å². The molecule has 0 spiro atoms. The van der Waals surface area contributed by atoms with Gasteiger partial charge in [0.05, 0.1) is 6.67 Å². The van der Waals surface area contributed by atoms with Gasteiger partial charge in [0.25, 0.3) is 0 Å². The molecule has 2 rings (SSSR count). The Morgan fingerprint density at radius 1 is 1.28 bits per heavy atom. The molecule has 0 radical (unpaired) electrons. The monoisotopic (exact) mass is 251 g/mol. The van der Waals surface area contributed by atoms with E-state index in [0.717, 1.165) is 13.1 Å². The third kappa shape index (κ3) is 4.00. The van der Waals surface area contributed by atoms with Crippen molar-refractivity contribution in [3.63, 3.8) is 0 Å². The van der Waals surface area contributed by atoms with Gasteiger partial charge >= 0.3 is 6.03 Å². The summed E-state index contributed by atoms with van der Waals surface area (Å²) >= 11 is 0. The van der Waals surface area contributed by atoms with Crippen molar-refractivity contribution < 1.29 is 9.18 Å². The number of carbonyl (C=O) groups is 1. The Morgan fingerprint density at radius 3 is 2.78 bits per heavy atom. The van der Waals surface area contributed by atoms with E-state index in [1.54, 1.807) is 12.1 Å². The lowest BCUT2D eigenvalue weighted by Gasteiger charge is -2.26. The standard InChI is InChI=1S/C13H18FN3O/c14-11-5-4-6-12(9-11)16-13(18)15-10-17-7-2-1-3-8-17/h4-6,9H,1-3,7-8,10H2,(H2,15,16,18). The van der Waals surface area contributed by atoms with E-state index < -0.39 is 0 Å². The minimum atomic E-state index is -0.358. The van der Waals surface area contributed by atoms with Gasteiger partial charge in [0, 0.05) is 5.69 Å². The van der Waals surface area contributed by atoms with Gasteiger partial charge in [-0.2, -0.15) is 0 Å². The zero-order valence-electron chi connectivity index (χ0n) is 10.3. The smallest absolute Gasteiger partial charge is 0.320 e. The molecule has 0 unspecified atom stereocenters. The predicted molar refractivity (Wildman–Crippen MR) is 68.8 cm³/mol. The molecule has 1 aliphatic rings. The van der Waals surface area contributed by atoms with Crippen LogP contribution in [0.15, 0.2) is 24.3 Å². The number of likely N-dealkylation sites (tertiary alicyclic amines) is 1. The van der Waals surface area contributed by atoms with Gasteiger partial charge in [-0.05, 0) is 44.1 Å². The van der Waals surface area contributed by atoms with Crippen molar-refractivity contribution in [3.05, 3.63) is 30.1 Å². The Kier molecular flexibility index (Phi) is 4.52. The van der Waals surface area contributed by atoms with Gasteiger partial charge in [-0.1, -0.05) is 12.5 Å². The average molecular weight is 251 g/mol. The molecular formula is C13H18FN3O. The maximum absolute atomic E-state index is 12.9. The number of amides is 2. The Hall–Kier alpha value is -1.62. The van der Waals surface area contributed by atoms with Crippen LogP contribution in [0.5, 0.6) is 0 Å². The molecule has 18 heavy (non-hydrogen) atoms. The highest BCUT2D eigenvalue weighted by Gasteiger charge is 2.10. The number of urea groups is 1. The molecule has 5 heteroatoms. The first-order valence-electron chi connectivity index (χ1n) is 6.27. The first kappa shape index (κ1) is 12.8. The number of rotatable bonds is 3. The maximum atomic E-state index is 12.9. The van der Waals surface area contributed by atoms with Gasteiger partial charge in [0.2, 0.25) is 0 Å². The van der Waals surface area contributed by atoms with Gasteiger partial charge in [-0.15, -0.1) is 0 Å². The third-order valence-corrected chi connectivity index (χ3v) is 2.99. The zero-order valence-corrected chi connectivity index (χ0v) is 10.3. The summed E-state index contributed by atoms with van der Waals surface area (Å²) in [5, 5.41) is 5.38. The highest BCUT2D eigenvalue weighted by molar-refractivity contribution is 5.89. The Morgan fingerprint density at radius 2 is 2.06 bits per heavy atom. The van der Waals surface area contributed by atoms with E-state index in [9.17, 15) is 9.18 Å². The van der Waals surface area contributed by atoms with Crippen LogP contribution in [-0.2, 0) is 0 Å². The van der Waals surface area contributed by atoms with Crippen LogP contribution in [0.25, 0.3) is 0 Å². The van der Waals surface area contributed by atoms with Crippen LogP contribution in [-0.4, -0.2) is 30.7 Å². The molecule has 1 heterocycles. The summed E-state index contributed by atoms with van der Waals surface area (Å²) in [6.45, 7) is 2.60. The number of hydrogen-bond donors (Lipinski definition) is 2. The van der Waals surface area contributed by atoms with Crippen LogP contribution in [0.3, 0.4) is 0 Å². The SMILES string of the molecule is O=C(NCN1CCCCC1)Nc1cccc(F)c1. The van der Waals surface area contributed by atoms with Gasteiger partial charge in [-0.25, -0.2) is 9.18 Å². The maximum Gasteiger partial charge on any atom is 0.320 e. The second-order valence-electron chi connectivity index (χ2n) is 4.48. The van der Waals surface area contributed by atoms with Gasteiger partial charge < -0.3 is 10.6 Å². The summed E-state index contributed by atoms with van der Waals surface area (Å²) in [7, 11) is 0. The van der Waals surface area contributed by atoms with Crippen LogP contribution < -0.4 is 10.6 Å². The van der Waals surface area contributed by atoms with Crippen LogP contribution in [0.4, 0.5) is 14.9 Å². The van der Waals surface area contributed by atoms with Gasteiger partial charge in [-0.3, -0.25) is 4.90 Å². The molecule has 1 aromatic rings. The fraction of sp³-hybridized carbons (Fsp3) is 0.462. The largest absolute Gasteiger partial charge is 0.325 e. The number of hydrogen-bond acceptors (Lipinski definition) is 2. The summed E-state index contributed by atoms with van der Waals surface area (Å²) in [5.74, 6) is -0.358. The number of nitrogens with zero attached hydrogens (tertiary/aromatic N) is 1. The van der Waals surface area contributed by atoms with E-state index in [1.165, 1.54) is 31.4 Å². The van der Waals surface area contributed by atoms with Crippen molar-refractivity contribution in [1.29, 1.82) is 0 Å². The first-order chi connectivity index (χ1) is 8.74. The summed E-state index contributed by atoms with van der Waals surface area (Å²) in [5.41, 5.74) is 0.464. The second kappa shape index (κ2) is 6.35. The molecule has 0 atom stereocenters. The highest BCUT2D eigenvalue weighted by atomic mass is 19.1. The lowest BCUT2D eigenvalue weighted by Crippen LogP contribution is -2.41. The number of piperidine rings is 1. The molecule has 0 saturated carbocycles. The number of halogens is 1. The summed E-state index contributed by atoms with van der Waals surface area (Å²) < 4.78 is 12.9. The first-order valence-corrected chi connectivity index (χ1v) is 6.27. The normalized spacial score (nSPS) is 16.3. The number of anilines is 1. The van der Waals surface area contributed by atoms with Crippen molar-refractivity contribution in [1.82, 2.24) is 10.2 Å². The minimum absolute atomic E-state index is 0.300. The van der Waals surface area contributed by atoms with E-state index in [2.05, 4.69) is 15.5 Å². The zero-order chi connectivity index (χ0) is 12.8. The van der Waals surface area contributed by atoms with E-state index >= 15 is 0 Å². The fourth-order valence-electron chi connectivity index (χ4n) is 2.04. The Balaban J connectivity index is 1.74. The fourth-order valence-corrected chi connectivity index (χ4v) is 2.04. The molecule has 0 aromatic heterocycles. The average Bonchev–Trinajstić information content (AvgIpc) is 2.38. The molecule has 2 amide bonds. The number of nitrogens with one attached hydrogen (secondary N) is 2. The predicted octanol–water partition coefficient (Wildman–Crippen LogP) is 2.39. The lowest BCUT2D eigenvalue weighted by molar-refractivity contribution is 0.207. The number of carbonyl (C=O) groups excluding carboxylic acids is 1. The third-order valence-electron chi connectivity index (χ3n) is 2.99. The Labute approximate surface area is 106 Å². The molecule has 1 fully saturated rings. The van der Waals surface area contributed by atoms with Crippen molar-refractivity contribution in [2.45, 2.75) is 19.3 Å². The molecule has 2 N–H and O–H groups in total. The second-order valence-corrected chi connectivity index (χ2v) is 4.48. The minimum Gasteiger partial charge on any atom is -0.325 e. The molecule has 1 saturated heterocycles. The molecular weight excluding hydrogens is 233 g/mol. The molecule has 1 aliphatic heterocycles. The molecule has 4 nitrogen and oxygen atoms in total. The van der Waals surface area contributed by atoms with E-state index in [0.29, 0.717) is 12.4 Å². The van der Waals surface area contributed by atoms with E-state index in [1.807, 2.05) is 0 Å². The van der Waals surface area contributed by atoms with Crippen LogP contribution in [0, 0.1) is 5.82 Å². The van der Waals surface area contributed by atoms with E-state index in [4.69, 9.17) is 0 Å². The van der Waals surface area contributed by atoms with Gasteiger partial charge in [0.1, 0.15) is 5.82 Å². The highest BCUT2D eigenvalue weighted by Crippen LogP contribution is 2.09.